The van der Waals surface area contributed by atoms with Crippen molar-refractivity contribution in [2.24, 2.45) is 0 Å². The Balaban J connectivity index is 1.66. The summed E-state index contributed by atoms with van der Waals surface area (Å²) in [6.45, 7) is 6.28. The van der Waals surface area contributed by atoms with Gasteiger partial charge in [0.1, 0.15) is 5.54 Å². The first-order valence-corrected chi connectivity index (χ1v) is 8.22. The van der Waals surface area contributed by atoms with Crippen LogP contribution in [0.15, 0.2) is 0 Å². The van der Waals surface area contributed by atoms with Crippen LogP contribution in [-0.4, -0.2) is 47.8 Å². The van der Waals surface area contributed by atoms with Gasteiger partial charge in [-0.2, -0.15) is 5.26 Å². The lowest BCUT2D eigenvalue weighted by molar-refractivity contribution is -0.0720. The van der Waals surface area contributed by atoms with Crippen LogP contribution in [0.5, 0.6) is 0 Å². The Morgan fingerprint density at radius 3 is 2.85 bits per heavy atom. The molecule has 4 heteroatoms. The van der Waals surface area contributed by atoms with Crippen LogP contribution in [-0.2, 0) is 4.74 Å². The highest BCUT2D eigenvalue weighted by molar-refractivity contribution is 5.16. The minimum atomic E-state index is -0.258. The van der Waals surface area contributed by atoms with Gasteiger partial charge in [0.25, 0.3) is 0 Å². The van der Waals surface area contributed by atoms with Crippen LogP contribution in [0, 0.1) is 11.3 Å². The highest BCUT2D eigenvalue weighted by Crippen LogP contribution is 2.37. The Morgan fingerprint density at radius 2 is 2.20 bits per heavy atom. The largest absolute Gasteiger partial charge is 0.376 e. The van der Waals surface area contributed by atoms with Gasteiger partial charge >= 0.3 is 0 Å². The van der Waals surface area contributed by atoms with E-state index < -0.39 is 0 Å². The Morgan fingerprint density at radius 1 is 1.40 bits per heavy atom. The number of nitrogens with zero attached hydrogens (tertiary/aromatic N) is 2. The average molecular weight is 277 g/mol. The summed E-state index contributed by atoms with van der Waals surface area (Å²) in [5.74, 6) is 0. The summed E-state index contributed by atoms with van der Waals surface area (Å²) >= 11 is 0. The first-order chi connectivity index (χ1) is 9.65. The number of morpholine rings is 1. The van der Waals surface area contributed by atoms with Crippen LogP contribution < -0.4 is 5.32 Å². The van der Waals surface area contributed by atoms with Crippen LogP contribution in [0.3, 0.4) is 0 Å². The molecule has 2 saturated carbocycles. The summed E-state index contributed by atoms with van der Waals surface area (Å²) in [4.78, 5) is 2.63. The van der Waals surface area contributed by atoms with E-state index in [1.807, 2.05) is 0 Å². The molecular weight excluding hydrogens is 250 g/mol. The summed E-state index contributed by atoms with van der Waals surface area (Å²) in [5, 5.41) is 13.2. The van der Waals surface area contributed by atoms with E-state index in [0.717, 1.165) is 38.8 Å². The Kier molecular flexibility index (Phi) is 4.03. The van der Waals surface area contributed by atoms with Gasteiger partial charge in [0.2, 0.25) is 0 Å². The zero-order valence-corrected chi connectivity index (χ0v) is 12.8. The maximum atomic E-state index is 9.63. The summed E-state index contributed by atoms with van der Waals surface area (Å²) < 4.78 is 5.80. The van der Waals surface area contributed by atoms with Crippen molar-refractivity contribution >= 4 is 0 Å². The van der Waals surface area contributed by atoms with Crippen molar-refractivity contribution in [2.75, 3.05) is 13.2 Å². The van der Waals surface area contributed by atoms with E-state index in [1.165, 1.54) is 12.8 Å². The molecule has 1 aliphatic heterocycles. The van der Waals surface area contributed by atoms with Gasteiger partial charge in [-0.15, -0.1) is 0 Å². The van der Waals surface area contributed by atoms with Crippen molar-refractivity contribution in [1.82, 2.24) is 10.2 Å². The van der Waals surface area contributed by atoms with Crippen LogP contribution in [0.1, 0.15) is 52.4 Å². The van der Waals surface area contributed by atoms with Crippen molar-refractivity contribution < 1.29 is 4.74 Å². The minimum absolute atomic E-state index is 0.258. The van der Waals surface area contributed by atoms with Gasteiger partial charge in [-0.1, -0.05) is 6.92 Å². The van der Waals surface area contributed by atoms with E-state index in [2.05, 4.69) is 30.1 Å². The maximum absolute atomic E-state index is 9.63. The molecule has 2 aliphatic carbocycles. The molecular formula is C16H27N3O. The number of nitriles is 1. The third kappa shape index (κ3) is 2.86. The molecule has 0 bridgehead atoms. The molecule has 1 saturated heterocycles. The van der Waals surface area contributed by atoms with Gasteiger partial charge in [0.05, 0.1) is 18.8 Å². The van der Waals surface area contributed by atoms with Gasteiger partial charge in [0.15, 0.2) is 0 Å². The van der Waals surface area contributed by atoms with Gasteiger partial charge < -0.3 is 4.74 Å². The molecule has 3 rings (SSSR count). The molecule has 3 aliphatic rings. The normalized spacial score (nSPS) is 42.5. The molecule has 3 fully saturated rings. The number of nitrogens with one attached hydrogen (secondary N) is 1. The lowest BCUT2D eigenvalue weighted by Crippen LogP contribution is -2.53. The van der Waals surface area contributed by atoms with E-state index >= 15 is 0 Å². The van der Waals surface area contributed by atoms with E-state index in [4.69, 9.17) is 4.74 Å². The smallest absolute Gasteiger partial charge is 0.108 e. The lowest BCUT2D eigenvalue weighted by Gasteiger charge is -2.42. The highest BCUT2D eigenvalue weighted by Gasteiger charge is 2.46. The number of rotatable bonds is 4. The summed E-state index contributed by atoms with van der Waals surface area (Å²) in [6, 6.07) is 4.29. The van der Waals surface area contributed by atoms with Crippen molar-refractivity contribution in [2.45, 2.75) is 82.1 Å². The Bertz CT molecular complexity index is 390. The molecule has 4 atom stereocenters. The Labute approximate surface area is 122 Å². The van der Waals surface area contributed by atoms with E-state index in [9.17, 15) is 5.26 Å². The molecule has 0 amide bonds. The SMILES string of the molecule is CCC1COC(C)CN1C1CCC(C#N)(NC2CC2)C1. The number of hydrogen-bond acceptors (Lipinski definition) is 4. The third-order valence-corrected chi connectivity index (χ3v) is 5.21. The third-order valence-electron chi connectivity index (χ3n) is 5.21. The summed E-state index contributed by atoms with van der Waals surface area (Å²) in [7, 11) is 0. The molecule has 1 heterocycles. The zero-order chi connectivity index (χ0) is 14.2. The van der Waals surface area contributed by atoms with Crippen LogP contribution in [0.25, 0.3) is 0 Å². The number of ether oxygens (including phenoxy) is 1. The van der Waals surface area contributed by atoms with Crippen LogP contribution >= 0.6 is 0 Å². The van der Waals surface area contributed by atoms with E-state index in [-0.39, 0.29) is 5.54 Å². The lowest BCUT2D eigenvalue weighted by atomic mass is 9.98. The molecule has 4 nitrogen and oxygen atoms in total. The highest BCUT2D eigenvalue weighted by atomic mass is 16.5. The fourth-order valence-corrected chi connectivity index (χ4v) is 3.86. The Hall–Kier alpha value is -0.630. The van der Waals surface area contributed by atoms with E-state index in [0.29, 0.717) is 24.2 Å². The molecule has 4 unspecified atom stereocenters. The topological polar surface area (TPSA) is 48.3 Å². The predicted octanol–water partition coefficient (Wildman–Crippen LogP) is 2.05. The second-order valence-electron chi connectivity index (χ2n) is 6.91. The van der Waals surface area contributed by atoms with Crippen molar-refractivity contribution in [3.8, 4) is 6.07 Å². The number of hydrogen-bond donors (Lipinski definition) is 1. The first-order valence-electron chi connectivity index (χ1n) is 8.22. The monoisotopic (exact) mass is 277 g/mol. The second kappa shape index (κ2) is 5.63. The zero-order valence-electron chi connectivity index (χ0n) is 12.8. The van der Waals surface area contributed by atoms with Crippen LogP contribution in [0.2, 0.25) is 0 Å². The second-order valence-corrected chi connectivity index (χ2v) is 6.91. The summed E-state index contributed by atoms with van der Waals surface area (Å²) in [5.41, 5.74) is -0.258. The molecule has 0 aromatic rings. The van der Waals surface area contributed by atoms with Gasteiger partial charge in [-0.3, -0.25) is 10.2 Å². The molecule has 112 valence electrons. The van der Waals surface area contributed by atoms with Gasteiger partial charge in [0, 0.05) is 24.7 Å². The van der Waals surface area contributed by atoms with Crippen molar-refractivity contribution in [3.05, 3.63) is 0 Å². The molecule has 1 N–H and O–H groups in total. The fourth-order valence-electron chi connectivity index (χ4n) is 3.86. The molecule has 0 spiro atoms. The molecule has 0 radical (unpaired) electrons. The molecule has 0 aromatic heterocycles. The predicted molar refractivity (Wildman–Crippen MR) is 78.3 cm³/mol. The summed E-state index contributed by atoms with van der Waals surface area (Å²) in [6.07, 6.45) is 7.11. The average Bonchev–Trinajstić information content (AvgIpc) is 3.16. The van der Waals surface area contributed by atoms with Crippen molar-refractivity contribution in [3.63, 3.8) is 0 Å². The van der Waals surface area contributed by atoms with Crippen molar-refractivity contribution in [1.29, 1.82) is 5.26 Å². The fraction of sp³-hybridized carbons (Fsp3) is 0.938. The minimum Gasteiger partial charge on any atom is -0.376 e. The van der Waals surface area contributed by atoms with Gasteiger partial charge in [-0.05, 0) is 45.4 Å². The molecule has 0 aromatic carbocycles. The van der Waals surface area contributed by atoms with Gasteiger partial charge in [-0.25, -0.2) is 0 Å². The molecule has 20 heavy (non-hydrogen) atoms. The van der Waals surface area contributed by atoms with Crippen LogP contribution in [0.4, 0.5) is 0 Å². The maximum Gasteiger partial charge on any atom is 0.108 e. The quantitative estimate of drug-likeness (QED) is 0.854. The van der Waals surface area contributed by atoms with E-state index in [1.54, 1.807) is 0 Å². The first kappa shape index (κ1) is 14.3. The standard InChI is InChI=1S/C16H27N3O/c1-3-14-10-20-12(2)9-19(14)15-6-7-16(8-15,11-17)18-13-4-5-13/h12-15,18H,3-10H2,1-2H3.